The predicted molar refractivity (Wildman–Crippen MR) is 111 cm³/mol. The summed E-state index contributed by atoms with van der Waals surface area (Å²) in [6.45, 7) is 3.06. The van der Waals surface area contributed by atoms with Gasteiger partial charge in [0.25, 0.3) is 0 Å². The van der Waals surface area contributed by atoms with E-state index in [2.05, 4.69) is 15.2 Å². The molecule has 0 saturated heterocycles. The molecule has 0 saturated carbocycles. The van der Waals surface area contributed by atoms with Crippen LogP contribution in [0.5, 0.6) is 11.5 Å². The fourth-order valence-electron chi connectivity index (χ4n) is 2.58. The van der Waals surface area contributed by atoms with Crippen LogP contribution < -0.4 is 14.8 Å². The molecule has 0 spiro atoms. The smallest absolute Gasteiger partial charge is 0.194 e. The first-order chi connectivity index (χ1) is 11.8. The Morgan fingerprint density at radius 2 is 1.88 bits per heavy atom. The summed E-state index contributed by atoms with van der Waals surface area (Å²) < 4.78 is 11.4. The Morgan fingerprint density at radius 1 is 1.08 bits per heavy atom. The lowest BCUT2D eigenvalue weighted by Crippen LogP contribution is -2.35. The molecule has 1 heterocycles. The number of rotatable bonds is 6. The van der Waals surface area contributed by atoms with Crippen molar-refractivity contribution in [3.05, 3.63) is 59.7 Å². The lowest BCUT2D eigenvalue weighted by atomic mass is 10.2. The number of guanidine groups is 1. The predicted octanol–water partition coefficient (Wildman–Crippen LogP) is 3.28. The summed E-state index contributed by atoms with van der Waals surface area (Å²) in [5.74, 6) is 2.44. The molecule has 0 amide bonds. The van der Waals surface area contributed by atoms with Gasteiger partial charge in [0.1, 0.15) is 6.61 Å². The first kappa shape index (κ1) is 19.4. The fraction of sp³-hybridized carbons (Fsp3) is 0.316. The Morgan fingerprint density at radius 3 is 2.56 bits per heavy atom. The van der Waals surface area contributed by atoms with Crippen molar-refractivity contribution in [1.29, 1.82) is 0 Å². The van der Waals surface area contributed by atoms with Crippen LogP contribution in [-0.2, 0) is 13.2 Å². The summed E-state index contributed by atoms with van der Waals surface area (Å²) in [7, 11) is 3.71. The first-order valence-corrected chi connectivity index (χ1v) is 8.09. The van der Waals surface area contributed by atoms with Crippen molar-refractivity contribution in [2.24, 2.45) is 4.99 Å². The summed E-state index contributed by atoms with van der Waals surface area (Å²) in [6, 6.07) is 16.1. The molecule has 0 radical (unpaired) electrons. The minimum atomic E-state index is 0. The lowest BCUT2D eigenvalue weighted by Gasteiger charge is -2.16. The van der Waals surface area contributed by atoms with Gasteiger partial charge in [-0.1, -0.05) is 36.4 Å². The molecular formula is C19H24IN3O2. The minimum absolute atomic E-state index is 0. The highest BCUT2D eigenvalue weighted by atomic mass is 127. The Labute approximate surface area is 166 Å². The second-order valence-electron chi connectivity index (χ2n) is 5.74. The van der Waals surface area contributed by atoms with Gasteiger partial charge in [-0.25, -0.2) is 0 Å². The second kappa shape index (κ2) is 9.50. The molecule has 134 valence electrons. The topological polar surface area (TPSA) is 46.1 Å². The van der Waals surface area contributed by atoms with E-state index >= 15 is 0 Å². The van der Waals surface area contributed by atoms with Crippen LogP contribution >= 0.6 is 24.0 Å². The van der Waals surface area contributed by atoms with Gasteiger partial charge < -0.3 is 19.7 Å². The van der Waals surface area contributed by atoms with Crippen molar-refractivity contribution in [2.45, 2.75) is 13.2 Å². The molecule has 1 N–H and O–H groups in total. The monoisotopic (exact) mass is 453 g/mol. The summed E-state index contributed by atoms with van der Waals surface area (Å²) in [5, 5.41) is 3.36. The second-order valence-corrected chi connectivity index (χ2v) is 5.74. The molecule has 6 heteroatoms. The van der Waals surface area contributed by atoms with Crippen LogP contribution in [-0.4, -0.2) is 38.1 Å². The quantitative estimate of drug-likeness (QED) is 0.683. The van der Waals surface area contributed by atoms with Crippen molar-refractivity contribution in [1.82, 2.24) is 10.2 Å². The van der Waals surface area contributed by atoms with E-state index < -0.39 is 0 Å². The Balaban J connectivity index is 0.00000225. The lowest BCUT2D eigenvalue weighted by molar-refractivity contribution is 0.284. The normalized spacial score (nSPS) is 13.0. The number of halogens is 1. The number of nitrogens with zero attached hydrogens (tertiary/aromatic N) is 2. The van der Waals surface area contributed by atoms with Crippen molar-refractivity contribution in [3.63, 3.8) is 0 Å². The highest BCUT2D eigenvalue weighted by molar-refractivity contribution is 14.0. The molecule has 0 fully saturated rings. The minimum Gasteiger partial charge on any atom is -0.493 e. The Bertz CT molecular complexity index is 707. The van der Waals surface area contributed by atoms with Gasteiger partial charge >= 0.3 is 0 Å². The summed E-state index contributed by atoms with van der Waals surface area (Å²) >= 11 is 0. The van der Waals surface area contributed by atoms with Gasteiger partial charge in [-0.3, -0.25) is 4.99 Å². The molecule has 0 bridgehead atoms. The maximum atomic E-state index is 5.89. The molecule has 0 aromatic heterocycles. The highest BCUT2D eigenvalue weighted by Crippen LogP contribution is 2.28. The summed E-state index contributed by atoms with van der Waals surface area (Å²) in [6.07, 6.45) is 0. The van der Waals surface area contributed by atoms with Crippen molar-refractivity contribution < 1.29 is 9.47 Å². The SMILES string of the molecule is COc1cc(CNC2=NCCN2C)ccc1OCc1ccccc1.I. The van der Waals surface area contributed by atoms with Crippen LogP contribution in [0.25, 0.3) is 0 Å². The number of hydrogen-bond acceptors (Lipinski definition) is 5. The van der Waals surface area contributed by atoms with Crippen molar-refractivity contribution in [3.8, 4) is 11.5 Å². The van der Waals surface area contributed by atoms with Crippen molar-refractivity contribution in [2.75, 3.05) is 27.2 Å². The van der Waals surface area contributed by atoms with E-state index in [4.69, 9.17) is 9.47 Å². The maximum absolute atomic E-state index is 5.89. The van der Waals surface area contributed by atoms with E-state index in [1.54, 1.807) is 7.11 Å². The molecule has 3 rings (SSSR count). The van der Waals surface area contributed by atoms with E-state index in [1.165, 1.54) is 0 Å². The van der Waals surface area contributed by atoms with E-state index in [0.717, 1.165) is 41.7 Å². The van der Waals surface area contributed by atoms with Crippen LogP contribution in [0.2, 0.25) is 0 Å². The van der Waals surface area contributed by atoms with Gasteiger partial charge in [-0.15, -0.1) is 24.0 Å². The molecule has 0 aliphatic carbocycles. The van der Waals surface area contributed by atoms with E-state index in [0.29, 0.717) is 13.2 Å². The summed E-state index contributed by atoms with van der Waals surface area (Å²) in [4.78, 5) is 6.55. The van der Waals surface area contributed by atoms with Gasteiger partial charge in [-0.2, -0.15) is 0 Å². The largest absolute Gasteiger partial charge is 0.493 e. The van der Waals surface area contributed by atoms with E-state index in [9.17, 15) is 0 Å². The highest BCUT2D eigenvalue weighted by Gasteiger charge is 2.12. The first-order valence-electron chi connectivity index (χ1n) is 8.09. The molecule has 5 nitrogen and oxygen atoms in total. The maximum Gasteiger partial charge on any atom is 0.194 e. The molecule has 1 aliphatic rings. The number of ether oxygens (including phenoxy) is 2. The van der Waals surface area contributed by atoms with Crippen LogP contribution in [0.3, 0.4) is 0 Å². The number of hydrogen-bond donors (Lipinski definition) is 1. The van der Waals surface area contributed by atoms with E-state index in [-0.39, 0.29) is 24.0 Å². The molecule has 25 heavy (non-hydrogen) atoms. The molecular weight excluding hydrogens is 429 g/mol. The van der Waals surface area contributed by atoms with Crippen LogP contribution in [0, 0.1) is 0 Å². The van der Waals surface area contributed by atoms with Crippen molar-refractivity contribution >= 4 is 29.9 Å². The van der Waals surface area contributed by atoms with Gasteiger partial charge in [0.15, 0.2) is 17.5 Å². The third-order valence-electron chi connectivity index (χ3n) is 3.97. The van der Waals surface area contributed by atoms with E-state index in [1.807, 2.05) is 55.6 Å². The molecule has 0 unspecified atom stereocenters. The zero-order valence-electron chi connectivity index (χ0n) is 14.6. The number of nitrogens with one attached hydrogen (secondary N) is 1. The average Bonchev–Trinajstić information content (AvgIpc) is 3.04. The standard InChI is InChI=1S/C19H23N3O2.HI/c1-22-11-10-20-19(22)21-13-16-8-9-17(18(12-16)23-2)24-14-15-6-4-3-5-7-15;/h3-9,12H,10-11,13-14H2,1-2H3,(H,20,21);1H. The number of benzene rings is 2. The number of methoxy groups -OCH3 is 1. The third-order valence-corrected chi connectivity index (χ3v) is 3.97. The van der Waals surface area contributed by atoms with Gasteiger partial charge in [0.05, 0.1) is 13.7 Å². The van der Waals surface area contributed by atoms with Gasteiger partial charge in [0.2, 0.25) is 0 Å². The Kier molecular flexibility index (Phi) is 7.36. The molecule has 2 aromatic rings. The fourth-order valence-corrected chi connectivity index (χ4v) is 2.58. The summed E-state index contributed by atoms with van der Waals surface area (Å²) in [5.41, 5.74) is 2.26. The average molecular weight is 453 g/mol. The van der Waals surface area contributed by atoms with Crippen LogP contribution in [0.4, 0.5) is 0 Å². The number of aliphatic imine (C=N–C) groups is 1. The molecule has 2 aromatic carbocycles. The number of likely N-dealkylation sites (N-methyl/N-ethyl adjacent to an activating group) is 1. The molecule has 1 aliphatic heterocycles. The zero-order valence-corrected chi connectivity index (χ0v) is 16.9. The molecule has 0 atom stereocenters. The van der Waals surface area contributed by atoms with Crippen LogP contribution in [0.1, 0.15) is 11.1 Å². The zero-order chi connectivity index (χ0) is 16.8. The third kappa shape index (κ3) is 5.26. The van der Waals surface area contributed by atoms with Gasteiger partial charge in [0, 0.05) is 20.1 Å². The van der Waals surface area contributed by atoms with Gasteiger partial charge in [-0.05, 0) is 23.3 Å². The Hall–Kier alpha value is -1.96. The van der Waals surface area contributed by atoms with Crippen LogP contribution in [0.15, 0.2) is 53.5 Å².